The van der Waals surface area contributed by atoms with E-state index in [-0.39, 0.29) is 12.5 Å². The highest BCUT2D eigenvalue weighted by Gasteiger charge is 2.05. The summed E-state index contributed by atoms with van der Waals surface area (Å²) in [7, 11) is 3.95. The highest BCUT2D eigenvalue weighted by Crippen LogP contribution is 2.22. The van der Waals surface area contributed by atoms with E-state index in [4.69, 9.17) is 11.6 Å². The largest absolute Gasteiger partial charge is 0.378 e. The fourth-order valence-electron chi connectivity index (χ4n) is 2.02. The number of halogens is 1. The summed E-state index contributed by atoms with van der Waals surface area (Å²) in [5.74, 6) is -0.100. The topological polar surface area (TPSA) is 44.4 Å². The molecule has 5 heteroatoms. The fourth-order valence-corrected chi connectivity index (χ4v) is 2.20. The molecule has 0 fully saturated rings. The van der Waals surface area contributed by atoms with Gasteiger partial charge in [0.1, 0.15) is 0 Å². The first-order valence-electron chi connectivity index (χ1n) is 7.03. The molecule has 2 aromatic carbocycles. The first-order valence-corrected chi connectivity index (χ1v) is 7.41. The van der Waals surface area contributed by atoms with E-state index >= 15 is 0 Å². The Morgan fingerprint density at radius 1 is 1.14 bits per heavy atom. The van der Waals surface area contributed by atoms with Gasteiger partial charge in [-0.1, -0.05) is 17.7 Å². The Labute approximate surface area is 136 Å². The van der Waals surface area contributed by atoms with Crippen LogP contribution in [0.15, 0.2) is 42.5 Å². The summed E-state index contributed by atoms with van der Waals surface area (Å²) in [5, 5.41) is 6.64. The van der Waals surface area contributed by atoms with Gasteiger partial charge in [-0.2, -0.15) is 0 Å². The molecule has 0 bridgehead atoms. The van der Waals surface area contributed by atoms with Crippen LogP contribution in [0.4, 0.5) is 17.1 Å². The number of nitrogens with zero attached hydrogens (tertiary/aromatic N) is 1. The number of nitrogens with one attached hydrogen (secondary N) is 2. The molecule has 2 N–H and O–H groups in total. The molecule has 0 unspecified atom stereocenters. The molecule has 0 aromatic heterocycles. The number of rotatable bonds is 5. The second kappa shape index (κ2) is 7.18. The minimum absolute atomic E-state index is 0.100. The summed E-state index contributed by atoms with van der Waals surface area (Å²) in [6.07, 6.45) is 0. The molecular weight excluding hydrogens is 298 g/mol. The summed E-state index contributed by atoms with van der Waals surface area (Å²) < 4.78 is 0. The van der Waals surface area contributed by atoms with Crippen molar-refractivity contribution in [2.24, 2.45) is 0 Å². The molecule has 0 aliphatic carbocycles. The Morgan fingerprint density at radius 3 is 2.45 bits per heavy atom. The number of benzene rings is 2. The number of amides is 1. The molecule has 0 spiro atoms. The van der Waals surface area contributed by atoms with Crippen molar-refractivity contribution in [1.82, 2.24) is 0 Å². The van der Waals surface area contributed by atoms with Crippen LogP contribution in [0.2, 0.25) is 5.02 Å². The van der Waals surface area contributed by atoms with Crippen LogP contribution in [0.3, 0.4) is 0 Å². The van der Waals surface area contributed by atoms with E-state index in [0.29, 0.717) is 5.02 Å². The summed E-state index contributed by atoms with van der Waals surface area (Å²) in [6.45, 7) is 2.11. The molecule has 0 atom stereocenters. The van der Waals surface area contributed by atoms with Crippen molar-refractivity contribution in [3.63, 3.8) is 0 Å². The predicted molar refractivity (Wildman–Crippen MR) is 94.1 cm³/mol. The van der Waals surface area contributed by atoms with E-state index in [1.54, 1.807) is 0 Å². The van der Waals surface area contributed by atoms with Crippen LogP contribution < -0.4 is 15.5 Å². The maximum atomic E-state index is 12.0. The van der Waals surface area contributed by atoms with Crippen LogP contribution in [-0.2, 0) is 4.79 Å². The van der Waals surface area contributed by atoms with Gasteiger partial charge in [-0.25, -0.2) is 0 Å². The van der Waals surface area contributed by atoms with Crippen LogP contribution in [0, 0.1) is 6.92 Å². The predicted octanol–water partition coefficient (Wildman–Crippen LogP) is 3.77. The molecule has 0 radical (unpaired) electrons. The summed E-state index contributed by atoms with van der Waals surface area (Å²) in [4.78, 5) is 14.0. The zero-order valence-corrected chi connectivity index (χ0v) is 13.7. The first-order chi connectivity index (χ1) is 10.5. The van der Waals surface area contributed by atoms with Gasteiger partial charge in [0.25, 0.3) is 0 Å². The van der Waals surface area contributed by atoms with E-state index in [2.05, 4.69) is 10.6 Å². The van der Waals surface area contributed by atoms with Crippen LogP contribution in [0.25, 0.3) is 0 Å². The van der Waals surface area contributed by atoms with Gasteiger partial charge in [0.15, 0.2) is 0 Å². The molecular formula is C17H20ClN3O. The van der Waals surface area contributed by atoms with E-state index in [0.717, 1.165) is 22.6 Å². The summed E-state index contributed by atoms with van der Waals surface area (Å²) in [5.41, 5.74) is 3.67. The Balaban J connectivity index is 1.91. The number of carbonyl (C=O) groups is 1. The highest BCUT2D eigenvalue weighted by atomic mass is 35.5. The SMILES string of the molecule is Cc1c(Cl)cccc1NCC(=O)Nc1ccc(N(C)C)cc1. The first kappa shape index (κ1) is 16.2. The molecule has 2 rings (SSSR count). The smallest absolute Gasteiger partial charge is 0.243 e. The minimum atomic E-state index is -0.100. The maximum Gasteiger partial charge on any atom is 0.243 e. The van der Waals surface area contributed by atoms with E-state index in [9.17, 15) is 4.79 Å². The van der Waals surface area contributed by atoms with Gasteiger partial charge in [0.2, 0.25) is 5.91 Å². The quantitative estimate of drug-likeness (QED) is 0.882. The maximum absolute atomic E-state index is 12.0. The molecule has 0 saturated carbocycles. The standard InChI is InChI=1S/C17H20ClN3O/c1-12-15(18)5-4-6-16(12)19-11-17(22)20-13-7-9-14(10-8-13)21(2)3/h4-10,19H,11H2,1-3H3,(H,20,22). The third-order valence-electron chi connectivity index (χ3n) is 3.37. The second-order valence-electron chi connectivity index (χ2n) is 5.26. The lowest BCUT2D eigenvalue weighted by molar-refractivity contribution is -0.114. The highest BCUT2D eigenvalue weighted by molar-refractivity contribution is 6.31. The molecule has 0 aliphatic rings. The Bertz CT molecular complexity index is 653. The van der Waals surface area contributed by atoms with Gasteiger partial charge in [0.05, 0.1) is 6.54 Å². The third-order valence-corrected chi connectivity index (χ3v) is 3.78. The van der Waals surface area contributed by atoms with E-state index in [1.165, 1.54) is 0 Å². The van der Waals surface area contributed by atoms with E-state index in [1.807, 2.05) is 68.4 Å². The minimum Gasteiger partial charge on any atom is -0.378 e. The normalized spacial score (nSPS) is 10.2. The lowest BCUT2D eigenvalue weighted by Gasteiger charge is -2.13. The molecule has 1 amide bonds. The van der Waals surface area contributed by atoms with Crippen molar-refractivity contribution in [1.29, 1.82) is 0 Å². The third kappa shape index (κ3) is 4.15. The Kier molecular flexibility index (Phi) is 5.28. The van der Waals surface area contributed by atoms with Crippen molar-refractivity contribution >= 4 is 34.6 Å². The van der Waals surface area contributed by atoms with Gasteiger partial charge in [-0.3, -0.25) is 4.79 Å². The fraction of sp³-hybridized carbons (Fsp3) is 0.235. The zero-order chi connectivity index (χ0) is 16.1. The van der Waals surface area contributed by atoms with Gasteiger partial charge in [0, 0.05) is 36.2 Å². The molecule has 0 heterocycles. The molecule has 4 nitrogen and oxygen atoms in total. The molecule has 22 heavy (non-hydrogen) atoms. The second-order valence-corrected chi connectivity index (χ2v) is 5.66. The molecule has 0 saturated heterocycles. The number of carbonyl (C=O) groups excluding carboxylic acids is 1. The lowest BCUT2D eigenvalue weighted by atomic mass is 10.2. The van der Waals surface area contributed by atoms with Gasteiger partial charge in [-0.05, 0) is 48.9 Å². The number of hydrogen-bond acceptors (Lipinski definition) is 3. The van der Waals surface area contributed by atoms with E-state index < -0.39 is 0 Å². The Hall–Kier alpha value is -2.20. The van der Waals surface area contributed by atoms with Crippen molar-refractivity contribution in [2.75, 3.05) is 36.2 Å². The van der Waals surface area contributed by atoms with Crippen molar-refractivity contribution < 1.29 is 4.79 Å². The van der Waals surface area contributed by atoms with Gasteiger partial charge < -0.3 is 15.5 Å². The van der Waals surface area contributed by atoms with Crippen molar-refractivity contribution in [3.8, 4) is 0 Å². The van der Waals surface area contributed by atoms with Gasteiger partial charge >= 0.3 is 0 Å². The van der Waals surface area contributed by atoms with Crippen LogP contribution in [0.1, 0.15) is 5.56 Å². The summed E-state index contributed by atoms with van der Waals surface area (Å²) >= 11 is 6.05. The van der Waals surface area contributed by atoms with Crippen LogP contribution >= 0.6 is 11.6 Å². The average Bonchev–Trinajstić information content (AvgIpc) is 2.49. The van der Waals surface area contributed by atoms with Crippen LogP contribution in [0.5, 0.6) is 0 Å². The van der Waals surface area contributed by atoms with Crippen molar-refractivity contribution in [2.45, 2.75) is 6.92 Å². The number of hydrogen-bond donors (Lipinski definition) is 2. The summed E-state index contributed by atoms with van der Waals surface area (Å²) in [6, 6.07) is 13.3. The average molecular weight is 318 g/mol. The monoisotopic (exact) mass is 317 g/mol. The lowest BCUT2D eigenvalue weighted by Crippen LogP contribution is -2.22. The Morgan fingerprint density at radius 2 is 1.82 bits per heavy atom. The number of anilines is 3. The van der Waals surface area contributed by atoms with Gasteiger partial charge in [-0.15, -0.1) is 0 Å². The molecule has 2 aromatic rings. The molecule has 0 aliphatic heterocycles. The zero-order valence-electron chi connectivity index (χ0n) is 13.0. The van der Waals surface area contributed by atoms with Crippen LogP contribution in [-0.4, -0.2) is 26.5 Å². The van der Waals surface area contributed by atoms with Crippen molar-refractivity contribution in [3.05, 3.63) is 53.1 Å². The molecule has 116 valence electrons.